The molecule has 24 heavy (non-hydrogen) atoms. The average Bonchev–Trinajstić information content (AvgIpc) is 2.59. The van der Waals surface area contributed by atoms with E-state index in [4.69, 9.17) is 4.74 Å². The maximum absolute atomic E-state index is 12.4. The smallest absolute Gasteiger partial charge is 0.252 e. The molecule has 0 aliphatic heterocycles. The Morgan fingerprint density at radius 3 is 2.62 bits per heavy atom. The highest BCUT2D eigenvalue weighted by Gasteiger charge is 2.13. The van der Waals surface area contributed by atoms with Crippen LogP contribution in [-0.4, -0.2) is 13.0 Å². The third kappa shape index (κ3) is 3.47. The SMILES string of the molecule is COc1ccc2cc(Br)ccc2c1CNC(=O)c1ccccc1Br. The van der Waals surface area contributed by atoms with Crippen molar-refractivity contribution in [3.63, 3.8) is 0 Å². The van der Waals surface area contributed by atoms with E-state index < -0.39 is 0 Å². The molecular weight excluding hydrogens is 434 g/mol. The molecule has 3 aromatic rings. The number of carbonyl (C=O) groups excluding carboxylic acids is 1. The molecule has 0 bridgehead atoms. The van der Waals surface area contributed by atoms with E-state index >= 15 is 0 Å². The van der Waals surface area contributed by atoms with Crippen LogP contribution in [0, 0.1) is 0 Å². The number of hydrogen-bond acceptors (Lipinski definition) is 2. The molecule has 0 atom stereocenters. The number of halogens is 2. The summed E-state index contributed by atoms with van der Waals surface area (Å²) < 4.78 is 7.26. The Labute approximate surface area is 157 Å². The Morgan fingerprint density at radius 2 is 1.88 bits per heavy atom. The number of hydrogen-bond donors (Lipinski definition) is 1. The van der Waals surface area contributed by atoms with Gasteiger partial charge in [-0.05, 0) is 57.0 Å². The van der Waals surface area contributed by atoms with Crippen LogP contribution in [0.15, 0.2) is 63.5 Å². The molecule has 0 unspecified atom stereocenters. The zero-order valence-corrected chi connectivity index (χ0v) is 16.1. The topological polar surface area (TPSA) is 38.3 Å². The van der Waals surface area contributed by atoms with Crippen molar-refractivity contribution in [1.29, 1.82) is 0 Å². The lowest BCUT2D eigenvalue weighted by Crippen LogP contribution is -2.23. The van der Waals surface area contributed by atoms with Crippen LogP contribution in [0.25, 0.3) is 10.8 Å². The van der Waals surface area contributed by atoms with Gasteiger partial charge in [0, 0.05) is 21.1 Å². The molecule has 3 nitrogen and oxygen atoms in total. The highest BCUT2D eigenvalue weighted by molar-refractivity contribution is 9.10. The molecule has 0 saturated heterocycles. The van der Waals surface area contributed by atoms with Crippen molar-refractivity contribution in [1.82, 2.24) is 5.32 Å². The highest BCUT2D eigenvalue weighted by Crippen LogP contribution is 2.30. The Bertz CT molecular complexity index is 909. The van der Waals surface area contributed by atoms with Crippen LogP contribution in [0.4, 0.5) is 0 Å². The summed E-state index contributed by atoms with van der Waals surface area (Å²) in [5, 5.41) is 5.13. The second kappa shape index (κ2) is 7.36. The van der Waals surface area contributed by atoms with E-state index in [1.807, 2.05) is 48.5 Å². The third-order valence-electron chi connectivity index (χ3n) is 3.81. The van der Waals surface area contributed by atoms with E-state index in [2.05, 4.69) is 37.2 Å². The first-order chi connectivity index (χ1) is 11.6. The molecule has 122 valence electrons. The summed E-state index contributed by atoms with van der Waals surface area (Å²) in [6.07, 6.45) is 0. The Hall–Kier alpha value is -1.85. The second-order valence-corrected chi connectivity index (χ2v) is 7.04. The summed E-state index contributed by atoms with van der Waals surface area (Å²) >= 11 is 6.90. The third-order valence-corrected chi connectivity index (χ3v) is 5.00. The first-order valence-corrected chi connectivity index (χ1v) is 8.96. The summed E-state index contributed by atoms with van der Waals surface area (Å²) in [4.78, 5) is 12.4. The van der Waals surface area contributed by atoms with E-state index in [0.29, 0.717) is 12.1 Å². The van der Waals surface area contributed by atoms with Gasteiger partial charge in [-0.3, -0.25) is 4.79 Å². The molecule has 0 heterocycles. The lowest BCUT2D eigenvalue weighted by molar-refractivity contribution is 0.0950. The van der Waals surface area contributed by atoms with Gasteiger partial charge in [-0.2, -0.15) is 0 Å². The van der Waals surface area contributed by atoms with E-state index in [0.717, 1.165) is 31.0 Å². The number of benzene rings is 3. The highest BCUT2D eigenvalue weighted by atomic mass is 79.9. The number of methoxy groups -OCH3 is 1. The molecular formula is C19H15Br2NO2. The predicted molar refractivity (Wildman–Crippen MR) is 104 cm³/mol. The van der Waals surface area contributed by atoms with Crippen LogP contribution >= 0.6 is 31.9 Å². The lowest BCUT2D eigenvalue weighted by atomic mass is 10.0. The summed E-state index contributed by atoms with van der Waals surface area (Å²) in [5.74, 6) is 0.635. The second-order valence-electron chi connectivity index (χ2n) is 5.27. The molecule has 0 radical (unpaired) electrons. The molecule has 0 fully saturated rings. The number of carbonyl (C=O) groups is 1. The van der Waals surface area contributed by atoms with Crippen LogP contribution in [0.5, 0.6) is 5.75 Å². The molecule has 0 aromatic heterocycles. The van der Waals surface area contributed by atoms with E-state index in [9.17, 15) is 4.79 Å². The maximum Gasteiger partial charge on any atom is 0.252 e. The van der Waals surface area contributed by atoms with Crippen molar-refractivity contribution >= 4 is 48.5 Å². The number of nitrogens with one attached hydrogen (secondary N) is 1. The van der Waals surface area contributed by atoms with E-state index in [1.165, 1.54) is 0 Å². The summed E-state index contributed by atoms with van der Waals surface area (Å²) in [5.41, 5.74) is 1.57. The van der Waals surface area contributed by atoms with Gasteiger partial charge < -0.3 is 10.1 Å². The molecule has 5 heteroatoms. The van der Waals surface area contributed by atoms with Crippen molar-refractivity contribution in [2.24, 2.45) is 0 Å². The summed E-state index contributed by atoms with van der Waals surface area (Å²) in [7, 11) is 1.64. The van der Waals surface area contributed by atoms with Crippen LogP contribution in [-0.2, 0) is 6.54 Å². The number of ether oxygens (including phenoxy) is 1. The van der Waals surface area contributed by atoms with Gasteiger partial charge in [-0.25, -0.2) is 0 Å². The molecule has 3 aromatic carbocycles. The van der Waals surface area contributed by atoms with Gasteiger partial charge in [0.05, 0.1) is 12.7 Å². The fraction of sp³-hybridized carbons (Fsp3) is 0.105. The van der Waals surface area contributed by atoms with Crippen molar-refractivity contribution in [3.8, 4) is 5.75 Å². The normalized spacial score (nSPS) is 10.6. The van der Waals surface area contributed by atoms with Gasteiger partial charge in [0.15, 0.2) is 0 Å². The minimum Gasteiger partial charge on any atom is -0.496 e. The molecule has 3 rings (SSSR count). The first-order valence-electron chi connectivity index (χ1n) is 7.38. The summed E-state index contributed by atoms with van der Waals surface area (Å²) in [6, 6.07) is 17.4. The molecule has 1 N–H and O–H groups in total. The fourth-order valence-corrected chi connectivity index (χ4v) is 3.47. The van der Waals surface area contributed by atoms with Gasteiger partial charge in [0.1, 0.15) is 5.75 Å². The summed E-state index contributed by atoms with van der Waals surface area (Å²) in [6.45, 7) is 0.391. The molecule has 0 aliphatic carbocycles. The van der Waals surface area contributed by atoms with Crippen molar-refractivity contribution < 1.29 is 9.53 Å². The van der Waals surface area contributed by atoms with E-state index in [-0.39, 0.29) is 5.91 Å². The zero-order valence-electron chi connectivity index (χ0n) is 13.0. The minimum absolute atomic E-state index is 0.126. The van der Waals surface area contributed by atoms with Crippen molar-refractivity contribution in [3.05, 3.63) is 74.7 Å². The standard InChI is InChI=1S/C19H15Br2NO2/c1-24-18-9-6-12-10-13(20)7-8-14(12)16(18)11-22-19(23)15-4-2-3-5-17(15)21/h2-10H,11H2,1H3,(H,22,23). The van der Waals surface area contributed by atoms with Gasteiger partial charge in [-0.1, -0.05) is 40.2 Å². The fourth-order valence-electron chi connectivity index (χ4n) is 2.63. The first kappa shape index (κ1) is 17.0. The quantitative estimate of drug-likeness (QED) is 0.587. The van der Waals surface area contributed by atoms with Crippen LogP contribution in [0.2, 0.25) is 0 Å². The lowest BCUT2D eigenvalue weighted by Gasteiger charge is -2.14. The van der Waals surface area contributed by atoms with Gasteiger partial charge >= 0.3 is 0 Å². The van der Waals surface area contributed by atoms with Gasteiger partial charge in [0.2, 0.25) is 0 Å². The van der Waals surface area contributed by atoms with Gasteiger partial charge in [0.25, 0.3) is 5.91 Å². The van der Waals surface area contributed by atoms with Crippen LogP contribution in [0.3, 0.4) is 0 Å². The Balaban J connectivity index is 1.92. The van der Waals surface area contributed by atoms with Crippen LogP contribution < -0.4 is 10.1 Å². The Kier molecular flexibility index (Phi) is 5.21. The van der Waals surface area contributed by atoms with Crippen molar-refractivity contribution in [2.75, 3.05) is 7.11 Å². The minimum atomic E-state index is -0.126. The monoisotopic (exact) mass is 447 g/mol. The number of fused-ring (bicyclic) bond motifs is 1. The molecule has 0 saturated carbocycles. The predicted octanol–water partition coefficient (Wildman–Crippen LogP) is 5.30. The average molecular weight is 449 g/mol. The number of rotatable bonds is 4. The van der Waals surface area contributed by atoms with E-state index in [1.54, 1.807) is 13.2 Å². The number of amides is 1. The van der Waals surface area contributed by atoms with Crippen LogP contribution in [0.1, 0.15) is 15.9 Å². The molecule has 1 amide bonds. The molecule has 0 aliphatic rings. The van der Waals surface area contributed by atoms with Gasteiger partial charge in [-0.15, -0.1) is 0 Å². The zero-order chi connectivity index (χ0) is 17.1. The Morgan fingerprint density at radius 1 is 1.08 bits per heavy atom. The van der Waals surface area contributed by atoms with Crippen molar-refractivity contribution in [2.45, 2.75) is 6.54 Å². The largest absolute Gasteiger partial charge is 0.496 e. The maximum atomic E-state index is 12.4. The molecule has 0 spiro atoms.